The summed E-state index contributed by atoms with van der Waals surface area (Å²) in [6, 6.07) is 11.7. The standard InChI is InChI=1S/C21H15F3N2O3S/c1-11(27)25-10-14-4-7-19(30-14)12-2-5-17-15(8-12)20(28)26-16-9-13(21(22,23)24)3-6-18(16)29-17/h2-9H,10H2,1H3,(H,25,27)(H,26,28). The van der Waals surface area contributed by atoms with Gasteiger partial charge >= 0.3 is 6.18 Å². The molecule has 0 fully saturated rings. The predicted octanol–water partition coefficient (Wildman–Crippen LogP) is 5.43. The van der Waals surface area contributed by atoms with Gasteiger partial charge in [0.2, 0.25) is 5.91 Å². The fourth-order valence-corrected chi connectivity index (χ4v) is 3.93. The maximum Gasteiger partial charge on any atom is 0.416 e. The van der Waals surface area contributed by atoms with E-state index in [0.717, 1.165) is 27.5 Å². The van der Waals surface area contributed by atoms with Gasteiger partial charge in [0.15, 0.2) is 5.75 Å². The summed E-state index contributed by atoms with van der Waals surface area (Å²) in [5.74, 6) is -0.293. The molecular weight excluding hydrogens is 417 g/mol. The van der Waals surface area contributed by atoms with Gasteiger partial charge in [0, 0.05) is 16.7 Å². The molecular formula is C21H15F3N2O3S. The summed E-state index contributed by atoms with van der Waals surface area (Å²) >= 11 is 1.46. The SMILES string of the molecule is CC(=O)NCc1ccc(-c2ccc3c(c2)C(=O)Nc2cc(C(F)(F)F)ccc2O3)s1. The Hall–Kier alpha value is -3.33. The first kappa shape index (κ1) is 20.0. The third-order valence-electron chi connectivity index (χ3n) is 4.46. The summed E-state index contributed by atoms with van der Waals surface area (Å²) in [4.78, 5) is 25.6. The van der Waals surface area contributed by atoms with E-state index in [4.69, 9.17) is 4.74 Å². The topological polar surface area (TPSA) is 67.4 Å². The van der Waals surface area contributed by atoms with E-state index in [1.54, 1.807) is 18.2 Å². The molecule has 1 aliphatic rings. The van der Waals surface area contributed by atoms with Crippen LogP contribution in [-0.2, 0) is 17.5 Å². The van der Waals surface area contributed by atoms with Crippen LogP contribution in [0.2, 0.25) is 0 Å². The Morgan fingerprint density at radius 1 is 1.10 bits per heavy atom. The van der Waals surface area contributed by atoms with E-state index >= 15 is 0 Å². The van der Waals surface area contributed by atoms with E-state index in [1.165, 1.54) is 24.3 Å². The van der Waals surface area contributed by atoms with Crippen LogP contribution in [0.4, 0.5) is 18.9 Å². The number of alkyl halides is 3. The summed E-state index contributed by atoms with van der Waals surface area (Å²) in [7, 11) is 0. The Balaban J connectivity index is 1.64. The van der Waals surface area contributed by atoms with Gasteiger partial charge in [-0.3, -0.25) is 9.59 Å². The molecule has 1 aliphatic heterocycles. The number of amides is 2. The molecule has 1 aromatic heterocycles. The number of rotatable bonds is 3. The highest BCUT2D eigenvalue weighted by molar-refractivity contribution is 7.15. The quantitative estimate of drug-likeness (QED) is 0.580. The van der Waals surface area contributed by atoms with Gasteiger partial charge in [-0.05, 0) is 54.1 Å². The molecule has 0 bridgehead atoms. The number of fused-ring (bicyclic) bond motifs is 2. The average Bonchev–Trinajstić information content (AvgIpc) is 3.10. The zero-order valence-electron chi connectivity index (χ0n) is 15.6. The van der Waals surface area contributed by atoms with E-state index in [9.17, 15) is 22.8 Å². The van der Waals surface area contributed by atoms with Crippen LogP contribution in [0.5, 0.6) is 11.5 Å². The monoisotopic (exact) mass is 432 g/mol. The number of thiophene rings is 1. The summed E-state index contributed by atoms with van der Waals surface area (Å²) in [5.41, 5.74) is 0.0611. The lowest BCUT2D eigenvalue weighted by Crippen LogP contribution is -2.17. The van der Waals surface area contributed by atoms with E-state index in [-0.39, 0.29) is 28.7 Å². The molecule has 0 aliphatic carbocycles. The zero-order valence-corrected chi connectivity index (χ0v) is 16.4. The molecule has 0 radical (unpaired) electrons. The van der Waals surface area contributed by atoms with Gasteiger partial charge < -0.3 is 15.4 Å². The van der Waals surface area contributed by atoms with Crippen molar-refractivity contribution in [2.45, 2.75) is 19.6 Å². The Kier molecular flexibility index (Phi) is 4.98. The lowest BCUT2D eigenvalue weighted by atomic mass is 10.1. The van der Waals surface area contributed by atoms with Crippen LogP contribution in [0.15, 0.2) is 48.5 Å². The number of halogens is 3. The molecule has 3 aromatic rings. The van der Waals surface area contributed by atoms with Crippen LogP contribution >= 0.6 is 11.3 Å². The Labute approximate surface area is 173 Å². The predicted molar refractivity (Wildman–Crippen MR) is 107 cm³/mol. The van der Waals surface area contributed by atoms with Gasteiger partial charge in [-0.1, -0.05) is 0 Å². The largest absolute Gasteiger partial charge is 0.454 e. The first-order chi connectivity index (χ1) is 14.2. The molecule has 2 heterocycles. The molecule has 2 aromatic carbocycles. The fraction of sp³-hybridized carbons (Fsp3) is 0.143. The normalized spacial score (nSPS) is 12.9. The third kappa shape index (κ3) is 4.02. The van der Waals surface area contributed by atoms with Crippen LogP contribution in [0.1, 0.15) is 27.7 Å². The highest BCUT2D eigenvalue weighted by Gasteiger charge is 2.32. The molecule has 0 saturated heterocycles. The third-order valence-corrected chi connectivity index (χ3v) is 5.59. The maximum absolute atomic E-state index is 13.0. The summed E-state index contributed by atoms with van der Waals surface area (Å²) in [5, 5.41) is 5.22. The minimum Gasteiger partial charge on any atom is -0.454 e. The summed E-state index contributed by atoms with van der Waals surface area (Å²) < 4.78 is 44.7. The molecule has 2 N–H and O–H groups in total. The lowest BCUT2D eigenvalue weighted by Gasteiger charge is -2.11. The van der Waals surface area contributed by atoms with Gasteiger partial charge in [-0.2, -0.15) is 13.2 Å². The van der Waals surface area contributed by atoms with Crippen molar-refractivity contribution in [2.75, 3.05) is 5.32 Å². The van der Waals surface area contributed by atoms with Crippen LogP contribution in [0, 0.1) is 0 Å². The molecule has 9 heteroatoms. The smallest absolute Gasteiger partial charge is 0.416 e. The highest BCUT2D eigenvalue weighted by Crippen LogP contribution is 2.41. The second-order valence-electron chi connectivity index (χ2n) is 6.65. The van der Waals surface area contributed by atoms with Crippen molar-refractivity contribution < 1.29 is 27.5 Å². The van der Waals surface area contributed by atoms with Gasteiger partial charge in [0.05, 0.1) is 23.4 Å². The minimum absolute atomic E-state index is 0.0405. The molecule has 2 amide bonds. The van der Waals surface area contributed by atoms with Gasteiger partial charge in [0.25, 0.3) is 5.91 Å². The van der Waals surface area contributed by atoms with Crippen molar-refractivity contribution in [2.24, 2.45) is 0 Å². The van der Waals surface area contributed by atoms with Crippen molar-refractivity contribution in [3.8, 4) is 21.9 Å². The summed E-state index contributed by atoms with van der Waals surface area (Å²) in [6.07, 6.45) is -4.53. The van der Waals surface area contributed by atoms with Crippen LogP contribution in [0.25, 0.3) is 10.4 Å². The molecule has 0 unspecified atom stereocenters. The van der Waals surface area contributed by atoms with Crippen LogP contribution < -0.4 is 15.4 Å². The number of carbonyl (C=O) groups is 2. The maximum atomic E-state index is 13.0. The number of nitrogens with one attached hydrogen (secondary N) is 2. The number of anilines is 1. The summed E-state index contributed by atoms with van der Waals surface area (Å²) in [6.45, 7) is 1.85. The van der Waals surface area contributed by atoms with Crippen molar-refractivity contribution in [1.82, 2.24) is 5.32 Å². The molecule has 0 saturated carbocycles. The first-order valence-electron chi connectivity index (χ1n) is 8.89. The second kappa shape index (κ2) is 7.49. The average molecular weight is 432 g/mol. The van der Waals surface area contributed by atoms with E-state index in [1.807, 2.05) is 12.1 Å². The first-order valence-corrected chi connectivity index (χ1v) is 9.70. The van der Waals surface area contributed by atoms with Gasteiger partial charge in [-0.25, -0.2) is 0 Å². The van der Waals surface area contributed by atoms with E-state index in [0.29, 0.717) is 6.54 Å². The van der Waals surface area contributed by atoms with Gasteiger partial charge in [-0.15, -0.1) is 11.3 Å². The fourth-order valence-electron chi connectivity index (χ4n) is 2.99. The van der Waals surface area contributed by atoms with Crippen molar-refractivity contribution >= 4 is 28.8 Å². The van der Waals surface area contributed by atoms with Gasteiger partial charge in [0.1, 0.15) is 5.75 Å². The lowest BCUT2D eigenvalue weighted by molar-refractivity contribution is -0.137. The molecule has 30 heavy (non-hydrogen) atoms. The number of hydrogen-bond donors (Lipinski definition) is 2. The van der Waals surface area contributed by atoms with Crippen molar-refractivity contribution in [3.05, 3.63) is 64.5 Å². The van der Waals surface area contributed by atoms with Crippen molar-refractivity contribution in [3.63, 3.8) is 0 Å². The zero-order chi connectivity index (χ0) is 21.5. The minimum atomic E-state index is -4.53. The molecule has 5 nitrogen and oxygen atoms in total. The molecule has 0 atom stereocenters. The number of hydrogen-bond acceptors (Lipinski definition) is 4. The van der Waals surface area contributed by atoms with Crippen LogP contribution in [-0.4, -0.2) is 11.8 Å². The number of carbonyl (C=O) groups excluding carboxylic acids is 2. The Morgan fingerprint density at radius 3 is 2.60 bits per heavy atom. The Morgan fingerprint density at radius 2 is 1.87 bits per heavy atom. The van der Waals surface area contributed by atoms with E-state index < -0.39 is 17.6 Å². The van der Waals surface area contributed by atoms with Crippen molar-refractivity contribution in [1.29, 1.82) is 0 Å². The number of ether oxygens (including phenoxy) is 1. The Bertz CT molecular complexity index is 1150. The molecule has 0 spiro atoms. The number of benzene rings is 2. The van der Waals surface area contributed by atoms with E-state index in [2.05, 4.69) is 10.6 Å². The molecule has 154 valence electrons. The second-order valence-corrected chi connectivity index (χ2v) is 7.82. The van der Waals surface area contributed by atoms with Crippen LogP contribution in [0.3, 0.4) is 0 Å². The molecule has 4 rings (SSSR count). The highest BCUT2D eigenvalue weighted by atomic mass is 32.1.